The average molecular weight is 324 g/mol. The van der Waals surface area contributed by atoms with Crippen LogP contribution in [0.5, 0.6) is 0 Å². The van der Waals surface area contributed by atoms with Crippen LogP contribution in [0.4, 0.5) is 5.69 Å². The Labute approximate surface area is 143 Å². The minimum absolute atomic E-state index is 0.0203. The molecule has 2 nitrogen and oxygen atoms in total. The van der Waals surface area contributed by atoms with Crippen molar-refractivity contribution in [3.05, 3.63) is 69.6 Å². The van der Waals surface area contributed by atoms with Crippen LogP contribution in [0.2, 0.25) is 0 Å². The Balaban J connectivity index is 1.78. The molecule has 3 rings (SSSR count). The van der Waals surface area contributed by atoms with E-state index in [0.29, 0.717) is 0 Å². The summed E-state index contributed by atoms with van der Waals surface area (Å²) in [7, 11) is 0. The zero-order chi connectivity index (χ0) is 16.6. The minimum atomic E-state index is -0.0203. The Morgan fingerprint density at radius 2 is 1.74 bits per heavy atom. The van der Waals surface area contributed by atoms with Gasteiger partial charge in [0.25, 0.3) is 0 Å². The van der Waals surface area contributed by atoms with Crippen molar-refractivity contribution in [2.75, 3.05) is 5.73 Å². The Morgan fingerprint density at radius 1 is 1.04 bits per heavy atom. The number of benzene rings is 2. The first-order valence-corrected chi connectivity index (χ1v) is 8.83. The lowest BCUT2D eigenvalue weighted by Crippen LogP contribution is -2.36. The maximum absolute atomic E-state index is 6.01. The van der Waals surface area contributed by atoms with Crippen molar-refractivity contribution in [3.63, 3.8) is 0 Å². The van der Waals surface area contributed by atoms with Crippen LogP contribution < -0.4 is 11.1 Å². The van der Waals surface area contributed by atoms with E-state index in [1.807, 2.05) is 11.8 Å². The second-order valence-electron chi connectivity index (χ2n) is 6.68. The quantitative estimate of drug-likeness (QED) is 0.797. The van der Waals surface area contributed by atoms with Gasteiger partial charge in [0.2, 0.25) is 0 Å². The van der Waals surface area contributed by atoms with Crippen molar-refractivity contribution in [2.24, 2.45) is 0 Å². The molecule has 0 fully saturated rings. The topological polar surface area (TPSA) is 38.0 Å². The molecule has 0 radical (unpaired) electrons. The van der Waals surface area contributed by atoms with Gasteiger partial charge in [-0.2, -0.15) is 0 Å². The lowest BCUT2D eigenvalue weighted by Gasteiger charge is -2.27. The number of hydrogen-bond donors (Lipinski definition) is 2. The number of rotatable bonds is 3. The lowest BCUT2D eigenvalue weighted by atomic mass is 9.97. The Hall–Kier alpha value is -1.87. The Bertz CT molecular complexity index is 762. The second kappa shape index (κ2) is 5.97. The molecule has 2 aromatic carbocycles. The number of nitrogens with two attached hydrogens (primary N) is 1. The molecule has 0 aliphatic carbocycles. The third-order valence-electron chi connectivity index (χ3n) is 4.45. The van der Waals surface area contributed by atoms with Gasteiger partial charge < -0.3 is 11.1 Å². The summed E-state index contributed by atoms with van der Waals surface area (Å²) in [5.74, 6) is 0. The summed E-state index contributed by atoms with van der Waals surface area (Å²) >= 11 is 1.86. The number of aryl methyl sites for hydroxylation is 3. The molecular weight excluding hydrogens is 300 g/mol. The van der Waals surface area contributed by atoms with Crippen LogP contribution in [0.15, 0.2) is 41.8 Å². The van der Waals surface area contributed by atoms with Crippen molar-refractivity contribution in [1.29, 1.82) is 0 Å². The van der Waals surface area contributed by atoms with Crippen LogP contribution in [0.25, 0.3) is 5.70 Å². The van der Waals surface area contributed by atoms with Gasteiger partial charge in [-0.25, -0.2) is 0 Å². The molecule has 3 N–H and O–H groups in total. The SMILES string of the molecule is Cc1ccc(C2=CSC(C)(Cc3cc(C)c(N)cc3C)N2)cc1. The summed E-state index contributed by atoms with van der Waals surface area (Å²) in [5.41, 5.74) is 14.4. The van der Waals surface area contributed by atoms with E-state index in [9.17, 15) is 0 Å². The summed E-state index contributed by atoms with van der Waals surface area (Å²) in [6.45, 7) is 8.60. The van der Waals surface area contributed by atoms with E-state index in [-0.39, 0.29) is 4.87 Å². The van der Waals surface area contributed by atoms with E-state index < -0.39 is 0 Å². The highest BCUT2D eigenvalue weighted by atomic mass is 32.2. The van der Waals surface area contributed by atoms with Crippen molar-refractivity contribution in [3.8, 4) is 0 Å². The van der Waals surface area contributed by atoms with Gasteiger partial charge in [0, 0.05) is 17.8 Å². The molecule has 0 aromatic heterocycles. The molecule has 0 bridgehead atoms. The van der Waals surface area contributed by atoms with Crippen molar-refractivity contribution in [1.82, 2.24) is 5.32 Å². The van der Waals surface area contributed by atoms with Crippen molar-refractivity contribution >= 4 is 23.1 Å². The van der Waals surface area contributed by atoms with Gasteiger partial charge in [-0.15, -0.1) is 11.8 Å². The average Bonchev–Trinajstić information content (AvgIpc) is 2.88. The molecule has 2 aromatic rings. The summed E-state index contributed by atoms with van der Waals surface area (Å²) in [6, 6.07) is 13.0. The van der Waals surface area contributed by atoms with Gasteiger partial charge in [0.1, 0.15) is 0 Å². The molecule has 1 unspecified atom stereocenters. The van der Waals surface area contributed by atoms with E-state index in [1.54, 1.807) is 0 Å². The number of nitrogens with one attached hydrogen (secondary N) is 1. The molecule has 0 spiro atoms. The monoisotopic (exact) mass is 324 g/mol. The summed E-state index contributed by atoms with van der Waals surface area (Å²) in [4.78, 5) is -0.0203. The maximum atomic E-state index is 6.01. The molecule has 1 aliphatic heterocycles. The van der Waals surface area contributed by atoms with Crippen LogP contribution >= 0.6 is 11.8 Å². The van der Waals surface area contributed by atoms with E-state index in [1.165, 1.54) is 28.0 Å². The van der Waals surface area contributed by atoms with Gasteiger partial charge in [-0.05, 0) is 61.4 Å². The summed E-state index contributed by atoms with van der Waals surface area (Å²) < 4.78 is 0. The highest BCUT2D eigenvalue weighted by molar-refractivity contribution is 8.03. The fourth-order valence-corrected chi connectivity index (χ4v) is 3.92. The molecule has 1 aliphatic rings. The molecule has 0 saturated carbocycles. The van der Waals surface area contributed by atoms with Crippen LogP contribution in [0.3, 0.4) is 0 Å². The Kier molecular flexibility index (Phi) is 4.15. The van der Waals surface area contributed by atoms with Crippen molar-refractivity contribution in [2.45, 2.75) is 39.0 Å². The van der Waals surface area contributed by atoms with Crippen LogP contribution in [-0.2, 0) is 6.42 Å². The molecule has 1 heterocycles. The van der Waals surface area contributed by atoms with Gasteiger partial charge in [-0.3, -0.25) is 0 Å². The number of hydrogen-bond acceptors (Lipinski definition) is 3. The van der Waals surface area contributed by atoms with Gasteiger partial charge in [-0.1, -0.05) is 35.9 Å². The van der Waals surface area contributed by atoms with Gasteiger partial charge in [0.05, 0.1) is 4.87 Å². The molecule has 120 valence electrons. The smallest absolute Gasteiger partial charge is 0.0887 e. The molecule has 0 saturated heterocycles. The predicted octanol–water partition coefficient (Wildman–Crippen LogP) is 4.79. The highest BCUT2D eigenvalue weighted by Gasteiger charge is 2.31. The van der Waals surface area contributed by atoms with E-state index in [0.717, 1.165) is 17.7 Å². The standard InChI is InChI=1S/C20H24N2S/c1-13-5-7-16(8-6-13)19-12-23-20(4,22-19)11-17-9-15(3)18(21)10-14(17)2/h5-10,12,22H,11,21H2,1-4H3. The maximum Gasteiger partial charge on any atom is 0.0887 e. The minimum Gasteiger partial charge on any atom is -0.399 e. The third-order valence-corrected chi connectivity index (χ3v) is 5.57. The highest BCUT2D eigenvalue weighted by Crippen LogP contribution is 2.38. The van der Waals surface area contributed by atoms with Gasteiger partial charge in [0.15, 0.2) is 0 Å². The van der Waals surface area contributed by atoms with Gasteiger partial charge >= 0.3 is 0 Å². The fraction of sp³-hybridized carbons (Fsp3) is 0.300. The largest absolute Gasteiger partial charge is 0.399 e. The molecule has 23 heavy (non-hydrogen) atoms. The number of thioether (sulfide) groups is 1. The zero-order valence-electron chi connectivity index (χ0n) is 14.2. The Morgan fingerprint density at radius 3 is 2.43 bits per heavy atom. The normalized spacial score (nSPS) is 20.3. The molecule has 3 heteroatoms. The molecule has 1 atom stereocenters. The predicted molar refractivity (Wildman–Crippen MR) is 102 cm³/mol. The van der Waals surface area contributed by atoms with Crippen LogP contribution in [-0.4, -0.2) is 4.87 Å². The summed E-state index contributed by atoms with van der Waals surface area (Å²) in [5, 5.41) is 5.95. The lowest BCUT2D eigenvalue weighted by molar-refractivity contribution is 0.596. The van der Waals surface area contributed by atoms with E-state index in [4.69, 9.17) is 5.73 Å². The second-order valence-corrected chi connectivity index (χ2v) is 8.06. The van der Waals surface area contributed by atoms with E-state index in [2.05, 4.69) is 74.8 Å². The summed E-state index contributed by atoms with van der Waals surface area (Å²) in [6.07, 6.45) is 0.969. The first kappa shape index (κ1) is 16.0. The number of anilines is 1. The van der Waals surface area contributed by atoms with E-state index >= 15 is 0 Å². The molecule has 0 amide bonds. The number of nitrogen functional groups attached to an aromatic ring is 1. The van der Waals surface area contributed by atoms with Crippen molar-refractivity contribution < 1.29 is 0 Å². The van der Waals surface area contributed by atoms with Crippen LogP contribution in [0.1, 0.15) is 34.7 Å². The zero-order valence-corrected chi connectivity index (χ0v) is 15.1. The first-order valence-electron chi connectivity index (χ1n) is 7.95. The van der Waals surface area contributed by atoms with Crippen LogP contribution in [0, 0.1) is 20.8 Å². The first-order chi connectivity index (χ1) is 10.9. The third kappa shape index (κ3) is 3.40. The molecular formula is C20H24N2S. The fourth-order valence-electron chi connectivity index (χ4n) is 2.94.